The molecule has 31 heavy (non-hydrogen) atoms. The van der Waals surface area contributed by atoms with E-state index in [0.717, 1.165) is 29.7 Å². The van der Waals surface area contributed by atoms with Gasteiger partial charge in [0.2, 0.25) is 5.82 Å². The van der Waals surface area contributed by atoms with Crippen LogP contribution in [0.5, 0.6) is 0 Å². The number of hydrogen-bond acceptors (Lipinski definition) is 3. The molecule has 1 aromatic heterocycles. The van der Waals surface area contributed by atoms with Crippen LogP contribution in [0.3, 0.4) is 0 Å². The fourth-order valence-corrected chi connectivity index (χ4v) is 3.59. The normalized spacial score (nSPS) is 13.2. The van der Waals surface area contributed by atoms with Crippen LogP contribution in [0, 0.1) is 5.82 Å². The number of para-hydroxylation sites is 1. The SMILES string of the molecule is O=C(c1nc(-c2ccccc2)n(-c2ccccc2)n1)N(Cc1ccc(F)cc1)C1CC1. The molecule has 5 nitrogen and oxygen atoms in total. The number of carbonyl (C=O) groups excluding carboxylic acids is 1. The van der Waals surface area contributed by atoms with Crippen molar-refractivity contribution in [2.45, 2.75) is 25.4 Å². The molecule has 1 aliphatic carbocycles. The van der Waals surface area contributed by atoms with Gasteiger partial charge in [0.25, 0.3) is 5.91 Å². The van der Waals surface area contributed by atoms with E-state index in [1.807, 2.05) is 60.7 Å². The van der Waals surface area contributed by atoms with Gasteiger partial charge >= 0.3 is 0 Å². The van der Waals surface area contributed by atoms with E-state index in [1.54, 1.807) is 21.7 Å². The zero-order valence-electron chi connectivity index (χ0n) is 16.9. The van der Waals surface area contributed by atoms with Gasteiger partial charge in [-0.15, -0.1) is 5.10 Å². The third-order valence-corrected chi connectivity index (χ3v) is 5.35. The molecule has 4 aromatic rings. The van der Waals surface area contributed by atoms with Gasteiger partial charge in [-0.25, -0.2) is 14.1 Å². The maximum absolute atomic E-state index is 13.4. The van der Waals surface area contributed by atoms with Gasteiger partial charge in [-0.1, -0.05) is 60.7 Å². The Labute approximate surface area is 179 Å². The van der Waals surface area contributed by atoms with Crippen molar-refractivity contribution in [3.8, 4) is 17.1 Å². The summed E-state index contributed by atoms with van der Waals surface area (Å²) in [5.74, 6) is 0.284. The number of carbonyl (C=O) groups is 1. The lowest BCUT2D eigenvalue weighted by Gasteiger charge is -2.21. The van der Waals surface area contributed by atoms with E-state index < -0.39 is 0 Å². The number of halogens is 1. The van der Waals surface area contributed by atoms with E-state index in [9.17, 15) is 9.18 Å². The lowest BCUT2D eigenvalue weighted by molar-refractivity contribution is 0.0717. The highest BCUT2D eigenvalue weighted by Gasteiger charge is 2.35. The first-order valence-electron chi connectivity index (χ1n) is 10.3. The van der Waals surface area contributed by atoms with Crippen molar-refractivity contribution < 1.29 is 9.18 Å². The Balaban J connectivity index is 1.52. The van der Waals surface area contributed by atoms with Crippen molar-refractivity contribution in [2.75, 3.05) is 0 Å². The number of amides is 1. The second kappa shape index (κ2) is 8.14. The summed E-state index contributed by atoms with van der Waals surface area (Å²) in [6.45, 7) is 0.407. The molecule has 0 atom stereocenters. The van der Waals surface area contributed by atoms with Crippen molar-refractivity contribution in [2.24, 2.45) is 0 Å². The number of rotatable bonds is 6. The molecule has 0 unspecified atom stereocenters. The van der Waals surface area contributed by atoms with E-state index in [2.05, 4.69) is 10.1 Å². The molecule has 0 saturated heterocycles. The molecule has 5 rings (SSSR count). The van der Waals surface area contributed by atoms with Crippen LogP contribution < -0.4 is 0 Å². The van der Waals surface area contributed by atoms with Crippen LogP contribution in [-0.2, 0) is 6.54 Å². The van der Waals surface area contributed by atoms with Gasteiger partial charge in [-0.2, -0.15) is 0 Å². The van der Waals surface area contributed by atoms with E-state index >= 15 is 0 Å². The molecule has 0 aliphatic heterocycles. The van der Waals surface area contributed by atoms with Gasteiger partial charge in [-0.3, -0.25) is 4.79 Å². The molecule has 1 amide bonds. The second-order valence-electron chi connectivity index (χ2n) is 7.66. The van der Waals surface area contributed by atoms with E-state index in [1.165, 1.54) is 12.1 Å². The number of hydrogen-bond donors (Lipinski definition) is 0. The summed E-state index contributed by atoms with van der Waals surface area (Å²) in [6.07, 6.45) is 1.91. The molecule has 1 fully saturated rings. The molecular weight excluding hydrogens is 391 g/mol. The Hall–Kier alpha value is -3.80. The van der Waals surface area contributed by atoms with Crippen LogP contribution in [0.2, 0.25) is 0 Å². The van der Waals surface area contributed by atoms with Gasteiger partial charge in [0.15, 0.2) is 5.82 Å². The molecule has 1 saturated carbocycles. The molecule has 154 valence electrons. The maximum atomic E-state index is 13.4. The lowest BCUT2D eigenvalue weighted by atomic mass is 10.2. The minimum Gasteiger partial charge on any atom is -0.329 e. The Morgan fingerprint density at radius 2 is 1.58 bits per heavy atom. The third kappa shape index (κ3) is 4.10. The first-order valence-corrected chi connectivity index (χ1v) is 10.3. The van der Waals surface area contributed by atoms with Gasteiger partial charge < -0.3 is 4.90 Å². The Morgan fingerprint density at radius 1 is 0.935 bits per heavy atom. The summed E-state index contributed by atoms with van der Waals surface area (Å²) < 4.78 is 15.0. The molecule has 1 heterocycles. The minimum atomic E-state index is -0.288. The van der Waals surface area contributed by atoms with Crippen LogP contribution in [0.1, 0.15) is 29.0 Å². The number of nitrogens with zero attached hydrogens (tertiary/aromatic N) is 4. The Bertz CT molecular complexity index is 1130. The highest BCUT2D eigenvalue weighted by Crippen LogP contribution is 2.30. The predicted molar refractivity (Wildman–Crippen MR) is 116 cm³/mol. The Kier molecular flexibility index (Phi) is 5.04. The smallest absolute Gasteiger partial charge is 0.294 e. The van der Waals surface area contributed by atoms with Gasteiger partial charge in [0.05, 0.1) is 5.69 Å². The van der Waals surface area contributed by atoms with Crippen LogP contribution in [0.25, 0.3) is 17.1 Å². The summed E-state index contributed by atoms with van der Waals surface area (Å²) in [6, 6.07) is 25.8. The molecule has 3 aromatic carbocycles. The average molecular weight is 412 g/mol. The summed E-state index contributed by atoms with van der Waals surface area (Å²) in [4.78, 5) is 19.9. The summed E-state index contributed by atoms with van der Waals surface area (Å²) in [5.41, 5.74) is 2.60. The number of benzene rings is 3. The zero-order chi connectivity index (χ0) is 21.2. The van der Waals surface area contributed by atoms with Crippen LogP contribution in [-0.4, -0.2) is 31.6 Å². The van der Waals surface area contributed by atoms with Crippen molar-refractivity contribution in [1.82, 2.24) is 19.7 Å². The zero-order valence-corrected chi connectivity index (χ0v) is 16.9. The average Bonchev–Trinajstić information content (AvgIpc) is 3.56. The molecule has 1 aliphatic rings. The number of aromatic nitrogens is 3. The monoisotopic (exact) mass is 412 g/mol. The highest BCUT2D eigenvalue weighted by molar-refractivity contribution is 5.91. The van der Waals surface area contributed by atoms with Gasteiger partial charge in [-0.05, 0) is 42.7 Å². The third-order valence-electron chi connectivity index (χ3n) is 5.35. The fraction of sp³-hybridized carbons (Fsp3) is 0.160. The minimum absolute atomic E-state index is 0.164. The van der Waals surface area contributed by atoms with Gasteiger partial charge in [0.1, 0.15) is 5.82 Å². The van der Waals surface area contributed by atoms with E-state index in [-0.39, 0.29) is 23.6 Å². The van der Waals surface area contributed by atoms with Crippen molar-refractivity contribution in [1.29, 1.82) is 0 Å². The summed E-state index contributed by atoms with van der Waals surface area (Å²) in [5, 5.41) is 4.60. The predicted octanol–water partition coefficient (Wildman–Crippen LogP) is 4.88. The fourth-order valence-electron chi connectivity index (χ4n) is 3.59. The Morgan fingerprint density at radius 3 is 2.23 bits per heavy atom. The summed E-state index contributed by atoms with van der Waals surface area (Å²) >= 11 is 0. The van der Waals surface area contributed by atoms with Crippen LogP contribution in [0.15, 0.2) is 84.9 Å². The van der Waals surface area contributed by atoms with Crippen molar-refractivity contribution in [3.05, 3.63) is 102 Å². The highest BCUT2D eigenvalue weighted by atomic mass is 19.1. The first-order chi connectivity index (χ1) is 15.2. The topological polar surface area (TPSA) is 51.0 Å². The van der Waals surface area contributed by atoms with Crippen LogP contribution in [0.4, 0.5) is 4.39 Å². The standard InChI is InChI=1S/C25H21FN4O/c26-20-13-11-18(12-14-20)17-29(21-15-16-21)25(31)23-27-24(19-7-3-1-4-8-19)30(28-23)22-9-5-2-6-10-22/h1-14,21H,15-17H2. The largest absolute Gasteiger partial charge is 0.329 e. The summed E-state index contributed by atoms with van der Waals surface area (Å²) in [7, 11) is 0. The first kappa shape index (κ1) is 19.2. The quantitative estimate of drug-likeness (QED) is 0.454. The van der Waals surface area contributed by atoms with Gasteiger partial charge in [0, 0.05) is 18.2 Å². The van der Waals surface area contributed by atoms with Crippen molar-refractivity contribution in [3.63, 3.8) is 0 Å². The second-order valence-corrected chi connectivity index (χ2v) is 7.66. The molecule has 0 radical (unpaired) electrons. The van der Waals surface area contributed by atoms with Crippen LogP contribution >= 0.6 is 0 Å². The van der Waals surface area contributed by atoms with E-state index in [0.29, 0.717) is 12.4 Å². The molecule has 6 heteroatoms. The van der Waals surface area contributed by atoms with Crippen molar-refractivity contribution >= 4 is 5.91 Å². The molecule has 0 spiro atoms. The molecule has 0 N–H and O–H groups in total. The van der Waals surface area contributed by atoms with E-state index in [4.69, 9.17) is 0 Å². The maximum Gasteiger partial charge on any atom is 0.294 e. The molecular formula is C25H21FN4O. The molecule has 0 bridgehead atoms. The lowest BCUT2D eigenvalue weighted by Crippen LogP contribution is -2.33.